The Labute approximate surface area is 261 Å². The molecular weight excluding hydrogens is 544 g/mol. The predicted molar refractivity (Wildman–Crippen MR) is 190 cm³/mol. The van der Waals surface area contributed by atoms with Gasteiger partial charge < -0.3 is 4.42 Å². The first-order valence-electron chi connectivity index (χ1n) is 15.4. The van der Waals surface area contributed by atoms with Gasteiger partial charge in [0.25, 0.3) is 0 Å². The van der Waals surface area contributed by atoms with Crippen molar-refractivity contribution in [1.82, 2.24) is 0 Å². The molecule has 9 rings (SSSR count). The molecule has 0 atom stereocenters. The SMILES string of the molecule is c1ccc(-c2ccccc2-c2c3ccccc3c(-c3cc(-c4ccccc4)c4oc5ccccc5c4c3)c3ccccc23)cc1. The van der Waals surface area contributed by atoms with Gasteiger partial charge in [0.1, 0.15) is 11.2 Å². The molecule has 45 heavy (non-hydrogen) atoms. The third kappa shape index (κ3) is 4.09. The van der Waals surface area contributed by atoms with E-state index in [4.69, 9.17) is 4.42 Å². The molecule has 8 aromatic carbocycles. The maximum Gasteiger partial charge on any atom is 0.143 e. The van der Waals surface area contributed by atoms with Crippen LogP contribution >= 0.6 is 0 Å². The molecule has 210 valence electrons. The van der Waals surface area contributed by atoms with E-state index in [1.165, 1.54) is 54.9 Å². The molecule has 0 aliphatic rings. The summed E-state index contributed by atoms with van der Waals surface area (Å²) in [5.41, 5.74) is 11.5. The van der Waals surface area contributed by atoms with Crippen LogP contribution in [0.2, 0.25) is 0 Å². The normalized spacial score (nSPS) is 11.6. The highest BCUT2D eigenvalue weighted by atomic mass is 16.3. The average molecular weight is 573 g/mol. The number of para-hydroxylation sites is 1. The molecule has 0 N–H and O–H groups in total. The van der Waals surface area contributed by atoms with Crippen LogP contribution < -0.4 is 0 Å². The summed E-state index contributed by atoms with van der Waals surface area (Å²) in [6, 6.07) is 60.9. The molecule has 0 spiro atoms. The van der Waals surface area contributed by atoms with Gasteiger partial charge in [-0.2, -0.15) is 0 Å². The Balaban J connectivity index is 1.42. The van der Waals surface area contributed by atoms with E-state index in [-0.39, 0.29) is 0 Å². The first-order valence-corrected chi connectivity index (χ1v) is 15.4. The molecule has 0 bridgehead atoms. The Kier molecular flexibility index (Phi) is 5.89. The second kappa shape index (κ2) is 10.4. The van der Waals surface area contributed by atoms with Gasteiger partial charge in [0, 0.05) is 16.3 Å². The van der Waals surface area contributed by atoms with Crippen molar-refractivity contribution >= 4 is 43.5 Å². The van der Waals surface area contributed by atoms with E-state index in [1.54, 1.807) is 0 Å². The molecule has 1 heteroatoms. The van der Waals surface area contributed by atoms with Crippen molar-refractivity contribution in [1.29, 1.82) is 0 Å². The van der Waals surface area contributed by atoms with E-state index in [2.05, 4.69) is 164 Å². The minimum absolute atomic E-state index is 0.907. The van der Waals surface area contributed by atoms with Crippen molar-refractivity contribution < 1.29 is 4.42 Å². The Morgan fingerprint density at radius 2 is 0.756 bits per heavy atom. The van der Waals surface area contributed by atoms with Gasteiger partial charge in [0.05, 0.1) is 0 Å². The van der Waals surface area contributed by atoms with E-state index >= 15 is 0 Å². The average Bonchev–Trinajstić information content (AvgIpc) is 3.49. The zero-order valence-electron chi connectivity index (χ0n) is 24.6. The van der Waals surface area contributed by atoms with Gasteiger partial charge in [-0.3, -0.25) is 0 Å². The zero-order chi connectivity index (χ0) is 29.7. The quantitative estimate of drug-likeness (QED) is 0.191. The zero-order valence-corrected chi connectivity index (χ0v) is 24.6. The molecule has 0 fully saturated rings. The van der Waals surface area contributed by atoms with E-state index < -0.39 is 0 Å². The van der Waals surface area contributed by atoms with Gasteiger partial charge in [-0.05, 0) is 78.7 Å². The smallest absolute Gasteiger partial charge is 0.143 e. The first-order chi connectivity index (χ1) is 22.3. The van der Waals surface area contributed by atoms with Crippen LogP contribution in [-0.2, 0) is 0 Å². The van der Waals surface area contributed by atoms with Gasteiger partial charge in [-0.1, -0.05) is 152 Å². The number of furan rings is 1. The van der Waals surface area contributed by atoms with Crippen LogP contribution in [0.15, 0.2) is 174 Å². The molecule has 9 aromatic rings. The molecule has 0 saturated carbocycles. The maximum absolute atomic E-state index is 6.54. The topological polar surface area (TPSA) is 13.1 Å². The van der Waals surface area contributed by atoms with Gasteiger partial charge in [0.15, 0.2) is 0 Å². The summed E-state index contributed by atoms with van der Waals surface area (Å²) in [6.45, 7) is 0. The summed E-state index contributed by atoms with van der Waals surface area (Å²) in [4.78, 5) is 0. The van der Waals surface area contributed by atoms with E-state index in [9.17, 15) is 0 Å². The monoisotopic (exact) mass is 572 g/mol. The lowest BCUT2D eigenvalue weighted by Crippen LogP contribution is -1.93. The Morgan fingerprint density at radius 3 is 1.38 bits per heavy atom. The van der Waals surface area contributed by atoms with Gasteiger partial charge in [0.2, 0.25) is 0 Å². The van der Waals surface area contributed by atoms with Crippen molar-refractivity contribution in [3.63, 3.8) is 0 Å². The highest BCUT2D eigenvalue weighted by molar-refractivity contribution is 6.23. The minimum Gasteiger partial charge on any atom is -0.455 e. The molecule has 0 aliphatic heterocycles. The standard InChI is InChI=1S/C44H28O/c1-3-15-29(16-4-1)32-19-7-8-21-34(32)43-37-24-11-9-22-35(37)42(36-23-10-12-25-38(36)43)31-27-39(30-17-5-2-6-18-30)44-40(28-31)33-20-13-14-26-41(33)45-44/h1-28H. The lowest BCUT2D eigenvalue weighted by molar-refractivity contribution is 0.670. The fourth-order valence-corrected chi connectivity index (χ4v) is 7.10. The highest BCUT2D eigenvalue weighted by Gasteiger charge is 2.21. The van der Waals surface area contributed by atoms with Crippen LogP contribution in [0.25, 0.3) is 88.0 Å². The van der Waals surface area contributed by atoms with Crippen LogP contribution in [0.3, 0.4) is 0 Å². The third-order valence-corrected chi connectivity index (χ3v) is 9.06. The molecule has 1 heterocycles. The van der Waals surface area contributed by atoms with Crippen LogP contribution in [0.4, 0.5) is 0 Å². The summed E-state index contributed by atoms with van der Waals surface area (Å²) in [7, 11) is 0. The molecule has 0 aliphatic carbocycles. The Hall–Kier alpha value is -5.92. The molecule has 0 unspecified atom stereocenters. The van der Waals surface area contributed by atoms with Gasteiger partial charge in [-0.25, -0.2) is 0 Å². The lowest BCUT2D eigenvalue weighted by Gasteiger charge is -2.20. The maximum atomic E-state index is 6.54. The molecule has 0 amide bonds. The first kappa shape index (κ1) is 25.6. The largest absolute Gasteiger partial charge is 0.455 e. The lowest BCUT2D eigenvalue weighted by atomic mass is 9.83. The molecular formula is C44H28O. The van der Waals surface area contributed by atoms with Crippen molar-refractivity contribution in [3.8, 4) is 44.5 Å². The number of rotatable bonds is 4. The third-order valence-electron chi connectivity index (χ3n) is 9.06. The van der Waals surface area contributed by atoms with Crippen molar-refractivity contribution in [3.05, 3.63) is 170 Å². The van der Waals surface area contributed by atoms with E-state index in [1.807, 2.05) is 6.07 Å². The van der Waals surface area contributed by atoms with E-state index in [0.29, 0.717) is 0 Å². The molecule has 1 aromatic heterocycles. The van der Waals surface area contributed by atoms with Gasteiger partial charge in [-0.15, -0.1) is 0 Å². The highest BCUT2D eigenvalue weighted by Crippen LogP contribution is 2.48. The number of hydrogen-bond donors (Lipinski definition) is 0. The second-order valence-corrected chi connectivity index (χ2v) is 11.6. The van der Waals surface area contributed by atoms with Crippen LogP contribution in [0, 0.1) is 0 Å². The fourth-order valence-electron chi connectivity index (χ4n) is 7.10. The summed E-state index contributed by atoms with van der Waals surface area (Å²) in [5, 5.41) is 7.23. The second-order valence-electron chi connectivity index (χ2n) is 11.6. The predicted octanol–water partition coefficient (Wildman–Crippen LogP) is 12.6. The van der Waals surface area contributed by atoms with Crippen LogP contribution in [0.5, 0.6) is 0 Å². The van der Waals surface area contributed by atoms with E-state index in [0.717, 1.165) is 33.1 Å². The van der Waals surface area contributed by atoms with Crippen molar-refractivity contribution in [2.24, 2.45) is 0 Å². The molecule has 0 saturated heterocycles. The minimum atomic E-state index is 0.907. The number of fused-ring (bicyclic) bond motifs is 5. The summed E-state index contributed by atoms with van der Waals surface area (Å²) < 4.78 is 6.54. The van der Waals surface area contributed by atoms with Gasteiger partial charge >= 0.3 is 0 Å². The Bertz CT molecular complexity index is 2460. The van der Waals surface area contributed by atoms with Crippen molar-refractivity contribution in [2.75, 3.05) is 0 Å². The molecule has 0 radical (unpaired) electrons. The van der Waals surface area contributed by atoms with Crippen LogP contribution in [0.1, 0.15) is 0 Å². The number of benzene rings is 8. The summed E-state index contributed by atoms with van der Waals surface area (Å²) >= 11 is 0. The van der Waals surface area contributed by atoms with Crippen LogP contribution in [-0.4, -0.2) is 0 Å². The summed E-state index contributed by atoms with van der Waals surface area (Å²) in [5.74, 6) is 0. The molecule has 1 nitrogen and oxygen atoms in total. The summed E-state index contributed by atoms with van der Waals surface area (Å²) in [6.07, 6.45) is 0. The Morgan fingerprint density at radius 1 is 0.289 bits per heavy atom. The fraction of sp³-hybridized carbons (Fsp3) is 0. The number of hydrogen-bond acceptors (Lipinski definition) is 1. The van der Waals surface area contributed by atoms with Crippen molar-refractivity contribution in [2.45, 2.75) is 0 Å².